The molecule has 2 atom stereocenters. The van der Waals surface area contributed by atoms with Gasteiger partial charge in [-0.15, -0.1) is 0 Å². The molecular formula is C20H25N3O2. The SMILES string of the molecule is Cn1c(CN2C[C@@H]3CCCC[C@@]32c2ccccc2)cc(=O)n(C)c1=O. The summed E-state index contributed by atoms with van der Waals surface area (Å²) in [5.41, 5.74) is 1.76. The van der Waals surface area contributed by atoms with Gasteiger partial charge in [0.05, 0.1) is 5.54 Å². The number of hydrogen-bond acceptors (Lipinski definition) is 3. The van der Waals surface area contributed by atoms with E-state index in [0.29, 0.717) is 12.5 Å². The fourth-order valence-corrected chi connectivity index (χ4v) is 4.82. The van der Waals surface area contributed by atoms with Crippen molar-refractivity contribution in [1.29, 1.82) is 0 Å². The van der Waals surface area contributed by atoms with Gasteiger partial charge in [-0.05, 0) is 24.3 Å². The lowest BCUT2D eigenvalue weighted by molar-refractivity contribution is -0.122. The molecule has 2 heterocycles. The summed E-state index contributed by atoms with van der Waals surface area (Å²) in [6.45, 7) is 1.69. The first-order valence-corrected chi connectivity index (χ1v) is 9.10. The minimum Gasteiger partial charge on any atom is -0.299 e. The molecule has 0 N–H and O–H groups in total. The summed E-state index contributed by atoms with van der Waals surface area (Å²) in [7, 11) is 3.28. The summed E-state index contributed by atoms with van der Waals surface area (Å²) < 4.78 is 2.77. The first-order chi connectivity index (χ1) is 12.0. The summed E-state index contributed by atoms with van der Waals surface area (Å²) in [6.07, 6.45) is 4.95. The zero-order chi connectivity index (χ0) is 17.6. The minimum absolute atomic E-state index is 0.0661. The van der Waals surface area contributed by atoms with Crippen LogP contribution in [0.2, 0.25) is 0 Å². The molecule has 1 aliphatic carbocycles. The third-order valence-corrected chi connectivity index (χ3v) is 6.29. The highest BCUT2D eigenvalue weighted by molar-refractivity contribution is 5.30. The number of likely N-dealkylation sites (tertiary alicyclic amines) is 1. The maximum absolute atomic E-state index is 12.2. The molecule has 2 aliphatic rings. The second-order valence-corrected chi connectivity index (χ2v) is 7.49. The number of hydrogen-bond donors (Lipinski definition) is 0. The zero-order valence-electron chi connectivity index (χ0n) is 14.9. The zero-order valence-corrected chi connectivity index (χ0v) is 14.9. The van der Waals surface area contributed by atoms with E-state index in [4.69, 9.17) is 0 Å². The number of nitrogens with zero attached hydrogens (tertiary/aromatic N) is 3. The lowest BCUT2D eigenvalue weighted by Crippen LogP contribution is -2.65. The molecule has 25 heavy (non-hydrogen) atoms. The van der Waals surface area contributed by atoms with Crippen LogP contribution in [0.5, 0.6) is 0 Å². The van der Waals surface area contributed by atoms with Crippen LogP contribution >= 0.6 is 0 Å². The Bertz CT molecular complexity index is 899. The van der Waals surface area contributed by atoms with Gasteiger partial charge in [-0.3, -0.25) is 18.8 Å². The second-order valence-electron chi connectivity index (χ2n) is 7.49. The van der Waals surface area contributed by atoms with E-state index < -0.39 is 0 Å². The molecule has 0 radical (unpaired) electrons. The van der Waals surface area contributed by atoms with Crippen LogP contribution < -0.4 is 11.2 Å². The van der Waals surface area contributed by atoms with Gasteiger partial charge >= 0.3 is 5.69 Å². The molecule has 2 aromatic rings. The van der Waals surface area contributed by atoms with Crippen molar-refractivity contribution in [2.45, 2.75) is 37.8 Å². The average molecular weight is 339 g/mol. The van der Waals surface area contributed by atoms with Gasteiger partial charge < -0.3 is 0 Å². The van der Waals surface area contributed by atoms with Gasteiger partial charge in [0.15, 0.2) is 0 Å². The van der Waals surface area contributed by atoms with Gasteiger partial charge in [-0.1, -0.05) is 43.2 Å². The first-order valence-electron chi connectivity index (χ1n) is 9.10. The largest absolute Gasteiger partial charge is 0.330 e. The Morgan fingerprint density at radius 1 is 1.08 bits per heavy atom. The van der Waals surface area contributed by atoms with Crippen LogP contribution in [-0.4, -0.2) is 20.6 Å². The molecule has 2 fully saturated rings. The highest BCUT2D eigenvalue weighted by Crippen LogP contribution is 2.54. The standard InChI is InChI=1S/C20H25N3O2/c1-21-17(12-18(24)22(2)19(21)25)14-23-13-16-10-6-7-11-20(16,23)15-8-4-3-5-9-15/h3-5,8-9,12,16H,6-7,10-11,13-14H2,1-2H3/t16-,20+/m0/s1. The van der Waals surface area contributed by atoms with Gasteiger partial charge in [-0.25, -0.2) is 4.79 Å². The predicted molar refractivity (Wildman–Crippen MR) is 97.4 cm³/mol. The van der Waals surface area contributed by atoms with Crippen molar-refractivity contribution in [2.75, 3.05) is 6.54 Å². The number of rotatable bonds is 3. The molecule has 132 valence electrons. The number of fused-ring (bicyclic) bond motifs is 1. The Morgan fingerprint density at radius 2 is 1.84 bits per heavy atom. The van der Waals surface area contributed by atoms with E-state index in [1.54, 1.807) is 17.7 Å². The lowest BCUT2D eigenvalue weighted by Gasteiger charge is -2.62. The smallest absolute Gasteiger partial charge is 0.299 e. The molecule has 1 aliphatic heterocycles. The van der Waals surface area contributed by atoms with Gasteiger partial charge in [0.2, 0.25) is 0 Å². The van der Waals surface area contributed by atoms with E-state index in [0.717, 1.165) is 23.2 Å². The minimum atomic E-state index is -0.253. The Kier molecular flexibility index (Phi) is 3.91. The Hall–Kier alpha value is -2.14. The molecule has 1 saturated carbocycles. The highest BCUT2D eigenvalue weighted by atomic mass is 16.2. The van der Waals surface area contributed by atoms with Crippen LogP contribution in [0.25, 0.3) is 0 Å². The molecule has 0 bridgehead atoms. The quantitative estimate of drug-likeness (QED) is 0.859. The lowest BCUT2D eigenvalue weighted by atomic mass is 9.61. The van der Waals surface area contributed by atoms with Crippen LogP contribution in [0.3, 0.4) is 0 Å². The van der Waals surface area contributed by atoms with Gasteiger partial charge in [-0.2, -0.15) is 0 Å². The molecule has 5 heteroatoms. The van der Waals surface area contributed by atoms with Crippen LogP contribution in [-0.2, 0) is 26.2 Å². The van der Waals surface area contributed by atoms with E-state index in [1.807, 2.05) is 0 Å². The van der Waals surface area contributed by atoms with Gasteiger partial charge in [0, 0.05) is 38.9 Å². The molecule has 1 aromatic carbocycles. The van der Waals surface area contributed by atoms with Gasteiger partial charge in [0.1, 0.15) is 0 Å². The third-order valence-electron chi connectivity index (χ3n) is 6.29. The van der Waals surface area contributed by atoms with Crippen LogP contribution in [0, 0.1) is 5.92 Å². The molecule has 4 rings (SSSR count). The van der Waals surface area contributed by atoms with Crippen molar-refractivity contribution in [3.05, 3.63) is 68.5 Å². The van der Waals surface area contributed by atoms with Crippen molar-refractivity contribution < 1.29 is 0 Å². The van der Waals surface area contributed by atoms with Crippen molar-refractivity contribution >= 4 is 0 Å². The molecule has 0 amide bonds. The van der Waals surface area contributed by atoms with Crippen molar-refractivity contribution in [1.82, 2.24) is 14.0 Å². The molecular weight excluding hydrogens is 314 g/mol. The summed E-state index contributed by atoms with van der Waals surface area (Å²) >= 11 is 0. The van der Waals surface area contributed by atoms with E-state index in [9.17, 15) is 9.59 Å². The average Bonchev–Trinajstić information content (AvgIpc) is 2.62. The Balaban J connectivity index is 1.72. The van der Waals surface area contributed by atoms with E-state index in [1.165, 1.54) is 31.9 Å². The monoisotopic (exact) mass is 339 g/mol. The van der Waals surface area contributed by atoms with Crippen molar-refractivity contribution in [3.8, 4) is 0 Å². The highest BCUT2D eigenvalue weighted by Gasteiger charge is 2.54. The maximum Gasteiger partial charge on any atom is 0.330 e. The van der Waals surface area contributed by atoms with E-state index >= 15 is 0 Å². The topological polar surface area (TPSA) is 47.2 Å². The molecule has 0 spiro atoms. The third kappa shape index (κ3) is 2.41. The Labute approximate surface area is 147 Å². The summed E-state index contributed by atoms with van der Waals surface area (Å²) in [5, 5.41) is 0. The van der Waals surface area contributed by atoms with E-state index in [-0.39, 0.29) is 16.8 Å². The van der Waals surface area contributed by atoms with Gasteiger partial charge in [0.25, 0.3) is 5.56 Å². The van der Waals surface area contributed by atoms with E-state index in [2.05, 4.69) is 35.2 Å². The van der Waals surface area contributed by atoms with Crippen molar-refractivity contribution in [3.63, 3.8) is 0 Å². The van der Waals surface area contributed by atoms with Crippen molar-refractivity contribution in [2.24, 2.45) is 20.0 Å². The Morgan fingerprint density at radius 3 is 2.56 bits per heavy atom. The summed E-state index contributed by atoms with van der Waals surface area (Å²) in [5.74, 6) is 0.673. The van der Waals surface area contributed by atoms with Crippen LogP contribution in [0.15, 0.2) is 46.0 Å². The number of aromatic nitrogens is 2. The fraction of sp³-hybridized carbons (Fsp3) is 0.500. The normalized spacial score (nSPS) is 26.1. The second kappa shape index (κ2) is 5.99. The van der Waals surface area contributed by atoms with Crippen LogP contribution in [0.1, 0.15) is 36.9 Å². The number of benzene rings is 1. The molecule has 5 nitrogen and oxygen atoms in total. The predicted octanol–water partition coefficient (Wildman–Crippen LogP) is 1.99. The summed E-state index contributed by atoms with van der Waals surface area (Å²) in [6, 6.07) is 12.4. The fourth-order valence-electron chi connectivity index (χ4n) is 4.82. The first kappa shape index (κ1) is 16.3. The maximum atomic E-state index is 12.2. The summed E-state index contributed by atoms with van der Waals surface area (Å²) in [4.78, 5) is 26.8. The van der Waals surface area contributed by atoms with Crippen LogP contribution in [0.4, 0.5) is 0 Å². The molecule has 1 saturated heterocycles. The molecule has 0 unspecified atom stereocenters. The molecule has 1 aromatic heterocycles.